The fraction of sp³-hybridized carbons (Fsp3) is 0.0167. The van der Waals surface area contributed by atoms with Crippen LogP contribution in [0.4, 0.5) is 0 Å². The van der Waals surface area contributed by atoms with Crippen molar-refractivity contribution in [1.82, 2.24) is 8.97 Å². The lowest BCUT2D eigenvalue weighted by atomic mass is 9.64. The summed E-state index contributed by atoms with van der Waals surface area (Å²) in [6.45, 7) is 0. The van der Waals surface area contributed by atoms with Crippen LogP contribution in [0.2, 0.25) is 0 Å². The monoisotopic (exact) mass is 802 g/mol. The van der Waals surface area contributed by atoms with Gasteiger partial charge >= 0.3 is 5.69 Å². The molecule has 0 atom stereocenters. The Morgan fingerprint density at radius 2 is 0.778 bits per heavy atom. The summed E-state index contributed by atoms with van der Waals surface area (Å²) in [5.74, 6) is 0. The highest BCUT2D eigenvalue weighted by molar-refractivity contribution is 6.08. The summed E-state index contributed by atoms with van der Waals surface area (Å²) in [5.41, 5.74) is 19.4. The van der Waals surface area contributed by atoms with Crippen molar-refractivity contribution >= 4 is 16.4 Å². The number of aromatic nitrogens is 2. The average molecular weight is 803 g/mol. The van der Waals surface area contributed by atoms with Crippen LogP contribution in [-0.4, -0.2) is 8.97 Å². The summed E-state index contributed by atoms with van der Waals surface area (Å²) in [4.78, 5) is 16.1. The van der Waals surface area contributed by atoms with E-state index in [2.05, 4.69) is 212 Å². The summed E-state index contributed by atoms with van der Waals surface area (Å²) >= 11 is 0. The Bertz CT molecular complexity index is 3650. The molecule has 3 nitrogen and oxygen atoms in total. The standard InChI is InChI=1S/C60H38N2O/c63-59-61-55(41-22-8-3-9-23-41)34-35-57(61)50-38-43(40-20-6-2-7-21-40)37-49-47-27-13-17-31-54(47)60(51-28-14-10-24-44(51)45-25-11-15-29-52(45)60)53-30-16-12-26-46(53)48-36-42(39-18-4-1-5-19-39)32-33-56(48)62(59)58(49)50/h1-38H. The summed E-state index contributed by atoms with van der Waals surface area (Å²) < 4.78 is 3.95. The molecule has 11 aromatic rings. The highest BCUT2D eigenvalue weighted by atomic mass is 16.1. The minimum Gasteiger partial charge on any atom is -0.261 e. The molecule has 0 amide bonds. The minimum atomic E-state index is -0.725. The number of nitrogens with zero attached hydrogens (tertiary/aromatic N) is 2. The maximum atomic E-state index is 16.1. The maximum absolute atomic E-state index is 16.1. The third-order valence-corrected chi connectivity index (χ3v) is 13.6. The summed E-state index contributed by atoms with van der Waals surface area (Å²) in [7, 11) is 0. The topological polar surface area (TPSA) is 26.4 Å². The summed E-state index contributed by atoms with van der Waals surface area (Å²) in [5, 5.41) is 0.996. The first-order chi connectivity index (χ1) is 31.2. The third kappa shape index (κ3) is 4.99. The van der Waals surface area contributed by atoms with Crippen LogP contribution in [0.5, 0.6) is 0 Å². The Morgan fingerprint density at radius 1 is 0.333 bits per heavy atom. The number of benzene rings is 9. The quantitative estimate of drug-likeness (QED) is 0.175. The van der Waals surface area contributed by atoms with E-state index in [4.69, 9.17) is 0 Å². The van der Waals surface area contributed by atoms with E-state index in [-0.39, 0.29) is 5.69 Å². The van der Waals surface area contributed by atoms with Gasteiger partial charge in [0.25, 0.3) is 0 Å². The molecule has 2 aromatic heterocycles. The largest absolute Gasteiger partial charge is 0.338 e. The lowest BCUT2D eigenvalue weighted by Crippen LogP contribution is -2.31. The summed E-state index contributed by atoms with van der Waals surface area (Å²) in [6, 6.07) is 82.8. The number of hydrogen-bond donors (Lipinski definition) is 0. The highest BCUT2D eigenvalue weighted by Crippen LogP contribution is 2.60. The molecule has 1 spiro atoms. The molecule has 1 aliphatic carbocycles. The molecule has 1 aliphatic heterocycles. The van der Waals surface area contributed by atoms with Crippen LogP contribution in [0.25, 0.3) is 89.0 Å². The van der Waals surface area contributed by atoms with Crippen LogP contribution in [-0.2, 0) is 5.41 Å². The number of rotatable bonds is 3. The first-order valence-electron chi connectivity index (χ1n) is 21.6. The molecule has 0 N–H and O–H groups in total. The van der Waals surface area contributed by atoms with Gasteiger partial charge in [-0.25, -0.2) is 4.79 Å². The Kier molecular flexibility index (Phi) is 7.67. The van der Waals surface area contributed by atoms with Crippen molar-refractivity contribution in [2.75, 3.05) is 0 Å². The number of hydrogen-bond acceptors (Lipinski definition) is 1. The van der Waals surface area contributed by atoms with Gasteiger partial charge in [-0.1, -0.05) is 194 Å². The van der Waals surface area contributed by atoms with Crippen molar-refractivity contribution < 1.29 is 0 Å². The molecule has 0 unspecified atom stereocenters. The molecule has 0 radical (unpaired) electrons. The predicted molar refractivity (Wildman–Crippen MR) is 259 cm³/mol. The molecule has 0 saturated heterocycles. The molecule has 0 bridgehead atoms. The number of fused-ring (bicyclic) bond motifs is 15. The molecular weight excluding hydrogens is 765 g/mol. The average Bonchev–Trinajstić information content (AvgIpc) is 3.94. The Balaban J connectivity index is 1.30. The van der Waals surface area contributed by atoms with Crippen LogP contribution in [0, 0.1) is 0 Å². The van der Waals surface area contributed by atoms with Crippen LogP contribution in [0.3, 0.4) is 0 Å². The SMILES string of the molecule is O=c1n2c3c(cc(-c4ccccc4)cc3c3ccc(-c4ccccc4)n13)-c1ccccc1C1(c3ccccc3-c3cc(-c4ccccc4)ccc3-2)c2ccccc2-c2ccccc21. The van der Waals surface area contributed by atoms with Crippen LogP contribution >= 0.6 is 0 Å². The summed E-state index contributed by atoms with van der Waals surface area (Å²) in [6.07, 6.45) is 0. The van der Waals surface area contributed by atoms with Crippen molar-refractivity contribution in [2.24, 2.45) is 0 Å². The molecule has 9 aromatic carbocycles. The maximum Gasteiger partial charge on any atom is 0.338 e. The second-order valence-electron chi connectivity index (χ2n) is 16.7. The lowest BCUT2D eigenvalue weighted by molar-refractivity contribution is 0.772. The fourth-order valence-corrected chi connectivity index (χ4v) is 11.0. The van der Waals surface area contributed by atoms with E-state index in [1.165, 1.54) is 33.4 Å². The van der Waals surface area contributed by atoms with Gasteiger partial charge in [0.2, 0.25) is 0 Å². The highest BCUT2D eigenvalue weighted by Gasteiger charge is 2.49. The molecule has 63 heavy (non-hydrogen) atoms. The zero-order valence-corrected chi connectivity index (χ0v) is 34.2. The van der Waals surface area contributed by atoms with E-state index >= 15 is 4.79 Å². The van der Waals surface area contributed by atoms with E-state index < -0.39 is 5.41 Å². The van der Waals surface area contributed by atoms with Gasteiger partial charge in [0.05, 0.1) is 27.8 Å². The molecule has 2 aliphatic rings. The molecule has 3 heteroatoms. The van der Waals surface area contributed by atoms with E-state index in [1.54, 1.807) is 0 Å². The Hall–Kier alpha value is -8.27. The molecule has 0 saturated carbocycles. The first-order valence-corrected chi connectivity index (χ1v) is 21.6. The lowest BCUT2D eigenvalue weighted by Gasteiger charge is -2.38. The van der Waals surface area contributed by atoms with E-state index in [1.807, 2.05) is 27.2 Å². The van der Waals surface area contributed by atoms with E-state index in [0.29, 0.717) is 0 Å². The van der Waals surface area contributed by atoms with Gasteiger partial charge in [0.1, 0.15) is 0 Å². The van der Waals surface area contributed by atoms with Gasteiger partial charge in [-0.15, -0.1) is 0 Å². The predicted octanol–water partition coefficient (Wildman–Crippen LogP) is 14.3. The van der Waals surface area contributed by atoms with Crippen molar-refractivity contribution in [3.8, 4) is 72.6 Å². The van der Waals surface area contributed by atoms with Crippen LogP contribution in [0.15, 0.2) is 235 Å². The van der Waals surface area contributed by atoms with Crippen LogP contribution < -0.4 is 5.69 Å². The van der Waals surface area contributed by atoms with E-state index in [0.717, 1.165) is 77.9 Å². The first kappa shape index (κ1) is 35.5. The molecule has 0 fully saturated rings. The second-order valence-corrected chi connectivity index (χ2v) is 16.7. The zero-order chi connectivity index (χ0) is 41.6. The van der Waals surface area contributed by atoms with Gasteiger partial charge in [-0.2, -0.15) is 0 Å². The molecule has 13 rings (SSSR count). The van der Waals surface area contributed by atoms with E-state index in [9.17, 15) is 0 Å². The Labute approximate surface area is 365 Å². The minimum absolute atomic E-state index is 0.120. The van der Waals surface area contributed by atoms with Crippen molar-refractivity contribution in [3.63, 3.8) is 0 Å². The van der Waals surface area contributed by atoms with Gasteiger partial charge in [0.15, 0.2) is 0 Å². The van der Waals surface area contributed by atoms with Crippen molar-refractivity contribution in [1.29, 1.82) is 0 Å². The fourth-order valence-electron chi connectivity index (χ4n) is 11.0. The third-order valence-electron chi connectivity index (χ3n) is 13.6. The smallest absolute Gasteiger partial charge is 0.261 e. The molecule has 294 valence electrons. The zero-order valence-electron chi connectivity index (χ0n) is 34.2. The molecular formula is C60H38N2O. The van der Waals surface area contributed by atoms with Gasteiger partial charge in [-0.05, 0) is 109 Å². The van der Waals surface area contributed by atoms with Gasteiger partial charge in [-0.3, -0.25) is 8.97 Å². The van der Waals surface area contributed by atoms with Crippen molar-refractivity contribution in [3.05, 3.63) is 263 Å². The molecule has 3 heterocycles. The van der Waals surface area contributed by atoms with Gasteiger partial charge in [0, 0.05) is 16.5 Å². The second kappa shape index (κ2) is 13.6. The van der Waals surface area contributed by atoms with Gasteiger partial charge < -0.3 is 0 Å². The van der Waals surface area contributed by atoms with Crippen LogP contribution in [0.1, 0.15) is 22.3 Å². The van der Waals surface area contributed by atoms with Crippen molar-refractivity contribution in [2.45, 2.75) is 5.41 Å². The normalized spacial score (nSPS) is 13.0. The Morgan fingerprint density at radius 3 is 1.33 bits per heavy atom.